The first-order valence-corrected chi connectivity index (χ1v) is 14.9. The van der Waals surface area contributed by atoms with Crippen molar-refractivity contribution >= 4 is 31.7 Å². The zero-order chi connectivity index (χ0) is 32.0. The molecule has 238 valence electrons. The first-order chi connectivity index (χ1) is 19.6. The van der Waals surface area contributed by atoms with E-state index in [9.17, 15) is 28.6 Å². The molecule has 1 unspecified atom stereocenters. The van der Waals surface area contributed by atoms with E-state index < -0.39 is 62.4 Å². The molecule has 0 aromatic heterocycles. The maximum absolute atomic E-state index is 12.8. The molecule has 42 heavy (non-hydrogen) atoms. The second kappa shape index (κ2) is 18.0. The van der Waals surface area contributed by atoms with E-state index in [1.54, 1.807) is 6.08 Å². The van der Waals surface area contributed by atoms with E-state index >= 15 is 0 Å². The summed E-state index contributed by atoms with van der Waals surface area (Å²) in [5, 5.41) is 0. The Kier molecular flexibility index (Phi) is 15.9. The molecule has 1 rings (SSSR count). The molecule has 0 aromatic carbocycles. The standard InChI is InChI=1S/C28H43O13P/c1-17(2)11-9-12-18(3)13-10-14-19(4)15-16-36-42(33,34)41-28-26(39-22(7)31)24(38-21(6)30)23(37-20(5)29)25(40-28)27(32)35-8/h11,13,15,23-26,28H,9-10,12,14,16H2,1-8H3,(H,33,34)/t23-,24-,25-,26+,28-/m0/s1. The van der Waals surface area contributed by atoms with Gasteiger partial charge in [-0.15, -0.1) is 0 Å². The first-order valence-electron chi connectivity index (χ1n) is 13.4. The number of allylic oxidation sites excluding steroid dienone is 5. The number of phosphoric ester groups is 1. The summed E-state index contributed by atoms with van der Waals surface area (Å²) in [4.78, 5) is 58.3. The topological polar surface area (TPSA) is 170 Å². The fourth-order valence-corrected chi connectivity index (χ4v) is 4.69. The zero-order valence-electron chi connectivity index (χ0n) is 25.4. The molecule has 0 aromatic rings. The summed E-state index contributed by atoms with van der Waals surface area (Å²) in [6.45, 7) is 10.8. The van der Waals surface area contributed by atoms with Gasteiger partial charge in [0.1, 0.15) is 0 Å². The number of rotatable bonds is 15. The van der Waals surface area contributed by atoms with Crippen LogP contribution in [0.25, 0.3) is 0 Å². The quantitative estimate of drug-likeness (QED) is 0.120. The van der Waals surface area contributed by atoms with Gasteiger partial charge in [0.2, 0.25) is 6.29 Å². The number of hydrogen-bond donors (Lipinski definition) is 1. The Hall–Kier alpha value is -2.83. The van der Waals surface area contributed by atoms with E-state index in [-0.39, 0.29) is 6.61 Å². The van der Waals surface area contributed by atoms with Gasteiger partial charge in [-0.25, -0.2) is 9.36 Å². The minimum atomic E-state index is -4.91. The van der Waals surface area contributed by atoms with Crippen LogP contribution in [0.5, 0.6) is 0 Å². The lowest BCUT2D eigenvalue weighted by Gasteiger charge is -2.43. The fraction of sp³-hybridized carbons (Fsp3) is 0.643. The van der Waals surface area contributed by atoms with Gasteiger partial charge in [-0.05, 0) is 53.4 Å². The fourth-order valence-electron chi connectivity index (χ4n) is 3.94. The van der Waals surface area contributed by atoms with Gasteiger partial charge in [-0.2, -0.15) is 0 Å². The lowest BCUT2D eigenvalue weighted by molar-refractivity contribution is -0.285. The molecular weight excluding hydrogens is 575 g/mol. The molecule has 1 aliphatic heterocycles. The Balaban J connectivity index is 3.03. The van der Waals surface area contributed by atoms with Crippen LogP contribution < -0.4 is 0 Å². The molecular formula is C28H43O13P. The minimum Gasteiger partial charge on any atom is -0.467 e. The van der Waals surface area contributed by atoms with Gasteiger partial charge >= 0.3 is 31.7 Å². The van der Waals surface area contributed by atoms with Crippen LogP contribution in [0.2, 0.25) is 0 Å². The molecule has 1 aliphatic rings. The summed E-state index contributed by atoms with van der Waals surface area (Å²) in [6.07, 6.45) is 0.592. The smallest absolute Gasteiger partial charge is 0.467 e. The van der Waals surface area contributed by atoms with Crippen LogP contribution in [0, 0.1) is 0 Å². The second-order valence-corrected chi connectivity index (χ2v) is 11.4. The van der Waals surface area contributed by atoms with Crippen molar-refractivity contribution in [2.75, 3.05) is 13.7 Å². The molecule has 1 saturated heterocycles. The van der Waals surface area contributed by atoms with Gasteiger partial charge in [0.05, 0.1) is 13.7 Å². The molecule has 1 heterocycles. The molecule has 1 fully saturated rings. The lowest BCUT2D eigenvalue weighted by Crippen LogP contribution is -2.63. The third kappa shape index (κ3) is 13.9. The van der Waals surface area contributed by atoms with Crippen molar-refractivity contribution in [3.05, 3.63) is 34.9 Å². The molecule has 0 bridgehead atoms. The Morgan fingerprint density at radius 1 is 0.762 bits per heavy atom. The van der Waals surface area contributed by atoms with Crippen molar-refractivity contribution < 1.29 is 61.4 Å². The molecule has 0 amide bonds. The van der Waals surface area contributed by atoms with Crippen LogP contribution in [0.4, 0.5) is 0 Å². The maximum Gasteiger partial charge on any atom is 0.474 e. The van der Waals surface area contributed by atoms with Gasteiger partial charge in [-0.3, -0.25) is 23.4 Å². The van der Waals surface area contributed by atoms with E-state index in [1.165, 1.54) is 11.1 Å². The highest BCUT2D eigenvalue weighted by Crippen LogP contribution is 2.47. The summed E-state index contributed by atoms with van der Waals surface area (Å²) in [6, 6.07) is 0. The van der Waals surface area contributed by atoms with Gasteiger partial charge in [0.15, 0.2) is 24.4 Å². The van der Waals surface area contributed by atoms with E-state index in [1.807, 2.05) is 6.92 Å². The van der Waals surface area contributed by atoms with Crippen LogP contribution in [-0.4, -0.2) is 73.2 Å². The molecule has 0 radical (unpaired) electrons. The molecule has 14 heteroatoms. The van der Waals surface area contributed by atoms with Crippen LogP contribution in [0.1, 0.15) is 74.1 Å². The van der Waals surface area contributed by atoms with Gasteiger partial charge < -0.3 is 28.6 Å². The van der Waals surface area contributed by atoms with E-state index in [0.717, 1.165) is 52.7 Å². The summed E-state index contributed by atoms with van der Waals surface area (Å²) in [5.41, 5.74) is 3.45. The molecule has 6 atom stereocenters. The summed E-state index contributed by atoms with van der Waals surface area (Å²) in [7, 11) is -3.90. The van der Waals surface area contributed by atoms with Gasteiger partial charge in [-0.1, -0.05) is 34.9 Å². The molecule has 13 nitrogen and oxygen atoms in total. The van der Waals surface area contributed by atoms with Gasteiger partial charge in [0.25, 0.3) is 0 Å². The average molecular weight is 619 g/mol. The second-order valence-electron chi connectivity index (χ2n) is 10.00. The molecule has 1 N–H and O–H groups in total. The summed E-state index contributed by atoms with van der Waals surface area (Å²) in [5.74, 6) is -3.79. The summed E-state index contributed by atoms with van der Waals surface area (Å²) < 4.78 is 48.7. The third-order valence-corrected chi connectivity index (χ3v) is 6.81. The monoisotopic (exact) mass is 618 g/mol. The predicted molar refractivity (Wildman–Crippen MR) is 150 cm³/mol. The van der Waals surface area contributed by atoms with Crippen molar-refractivity contribution in [1.82, 2.24) is 0 Å². The Morgan fingerprint density at radius 3 is 1.79 bits per heavy atom. The van der Waals surface area contributed by atoms with E-state index in [2.05, 4.69) is 37.7 Å². The van der Waals surface area contributed by atoms with Crippen LogP contribution in [-0.2, 0) is 56.5 Å². The lowest BCUT2D eigenvalue weighted by atomic mass is 9.98. The van der Waals surface area contributed by atoms with Gasteiger partial charge in [0, 0.05) is 20.8 Å². The Labute approximate surface area is 246 Å². The van der Waals surface area contributed by atoms with Crippen LogP contribution in [0.15, 0.2) is 34.9 Å². The Morgan fingerprint density at radius 2 is 1.26 bits per heavy atom. The minimum absolute atomic E-state index is 0.308. The number of methoxy groups -OCH3 is 1. The van der Waals surface area contributed by atoms with Crippen molar-refractivity contribution in [2.24, 2.45) is 0 Å². The number of hydrogen-bond acceptors (Lipinski definition) is 12. The van der Waals surface area contributed by atoms with Crippen LogP contribution >= 0.6 is 7.82 Å². The number of ether oxygens (including phenoxy) is 5. The van der Waals surface area contributed by atoms with Crippen molar-refractivity contribution in [1.29, 1.82) is 0 Å². The highest BCUT2D eigenvalue weighted by molar-refractivity contribution is 7.47. The van der Waals surface area contributed by atoms with E-state index in [0.29, 0.717) is 6.42 Å². The summed E-state index contributed by atoms with van der Waals surface area (Å²) >= 11 is 0. The number of phosphoric acid groups is 1. The highest BCUT2D eigenvalue weighted by Gasteiger charge is 2.56. The van der Waals surface area contributed by atoms with Crippen molar-refractivity contribution in [3.8, 4) is 0 Å². The zero-order valence-corrected chi connectivity index (χ0v) is 26.3. The normalized spacial score (nSPS) is 24.2. The number of carbonyl (C=O) groups is 4. The largest absolute Gasteiger partial charge is 0.474 e. The Bertz CT molecular complexity index is 1090. The van der Waals surface area contributed by atoms with E-state index in [4.69, 9.17) is 28.0 Å². The van der Waals surface area contributed by atoms with Crippen molar-refractivity contribution in [2.45, 2.75) is 105 Å². The highest BCUT2D eigenvalue weighted by atomic mass is 31.2. The van der Waals surface area contributed by atoms with Crippen molar-refractivity contribution in [3.63, 3.8) is 0 Å². The number of esters is 4. The number of carbonyl (C=O) groups excluding carboxylic acids is 4. The first kappa shape index (κ1) is 37.2. The molecule has 0 saturated carbocycles. The van der Waals surface area contributed by atoms with Crippen LogP contribution in [0.3, 0.4) is 0 Å². The molecule has 0 spiro atoms. The third-order valence-electron chi connectivity index (χ3n) is 5.86. The average Bonchev–Trinajstić information content (AvgIpc) is 2.85. The predicted octanol–water partition coefficient (Wildman–Crippen LogP) is 4.23. The maximum atomic E-state index is 12.8. The SMILES string of the molecule is COC(=O)[C@H]1O[C@@H](OP(=O)(O)OCC=C(C)CCC=C(C)CCC=C(C)C)[C@H](OC(C)=O)[C@@H](OC(C)=O)[C@@H]1OC(C)=O. The molecule has 0 aliphatic carbocycles.